The number of nitrogens with one attached hydrogen (secondary N) is 1. The van der Waals surface area contributed by atoms with E-state index in [2.05, 4.69) is 5.32 Å². The number of aliphatic carboxylic acids is 1. The molecule has 3 nitrogen and oxygen atoms in total. The van der Waals surface area contributed by atoms with Crippen molar-refractivity contribution in [2.75, 3.05) is 0 Å². The summed E-state index contributed by atoms with van der Waals surface area (Å²) in [7, 11) is 0. The van der Waals surface area contributed by atoms with Crippen LogP contribution in [0, 0.1) is 5.92 Å². The van der Waals surface area contributed by atoms with E-state index >= 15 is 0 Å². The van der Waals surface area contributed by atoms with E-state index in [0.717, 1.165) is 18.4 Å². The number of carbonyl (C=O) groups is 1. The van der Waals surface area contributed by atoms with E-state index in [1.165, 1.54) is 0 Å². The zero-order chi connectivity index (χ0) is 11.6. The Morgan fingerprint density at radius 3 is 2.62 bits per heavy atom. The highest BCUT2D eigenvalue weighted by Crippen LogP contribution is 2.38. The average molecular weight is 219 g/mol. The van der Waals surface area contributed by atoms with Crippen molar-refractivity contribution in [1.29, 1.82) is 0 Å². The van der Waals surface area contributed by atoms with Gasteiger partial charge in [-0.05, 0) is 24.3 Å². The van der Waals surface area contributed by atoms with Crippen LogP contribution < -0.4 is 5.32 Å². The van der Waals surface area contributed by atoms with E-state index in [0.29, 0.717) is 6.54 Å². The minimum atomic E-state index is -0.720. The highest BCUT2D eigenvalue weighted by Gasteiger charge is 2.50. The third kappa shape index (κ3) is 1.83. The fraction of sp³-hybridized carbons (Fsp3) is 0.462. The van der Waals surface area contributed by atoms with Gasteiger partial charge in [0.2, 0.25) is 0 Å². The molecule has 1 aromatic carbocycles. The number of hydrogen-bond donors (Lipinski definition) is 2. The molecule has 1 saturated carbocycles. The minimum Gasteiger partial charge on any atom is -0.480 e. The first kappa shape index (κ1) is 11.1. The topological polar surface area (TPSA) is 49.3 Å². The van der Waals surface area contributed by atoms with Crippen LogP contribution in [0.2, 0.25) is 0 Å². The molecule has 1 aliphatic carbocycles. The van der Waals surface area contributed by atoms with Gasteiger partial charge in [0, 0.05) is 6.54 Å². The third-order valence-electron chi connectivity index (χ3n) is 3.65. The van der Waals surface area contributed by atoms with E-state index in [9.17, 15) is 9.90 Å². The first-order valence-electron chi connectivity index (χ1n) is 5.67. The average Bonchev–Trinajstić information content (AvgIpc) is 2.28. The Morgan fingerprint density at radius 2 is 2.19 bits per heavy atom. The van der Waals surface area contributed by atoms with Gasteiger partial charge in [-0.15, -0.1) is 0 Å². The maximum atomic E-state index is 11.3. The molecule has 2 rings (SSSR count). The van der Waals surface area contributed by atoms with E-state index in [-0.39, 0.29) is 5.92 Å². The third-order valence-corrected chi connectivity index (χ3v) is 3.65. The fourth-order valence-electron chi connectivity index (χ4n) is 2.23. The zero-order valence-corrected chi connectivity index (χ0v) is 9.44. The molecule has 0 aliphatic heterocycles. The van der Waals surface area contributed by atoms with Gasteiger partial charge in [-0.2, -0.15) is 0 Å². The van der Waals surface area contributed by atoms with Gasteiger partial charge in [-0.25, -0.2) is 0 Å². The number of carboxylic acids is 1. The van der Waals surface area contributed by atoms with Crippen LogP contribution in [0.3, 0.4) is 0 Å². The second-order valence-electron chi connectivity index (χ2n) is 4.56. The maximum Gasteiger partial charge on any atom is 0.324 e. The van der Waals surface area contributed by atoms with Crippen LogP contribution in [0.15, 0.2) is 30.3 Å². The van der Waals surface area contributed by atoms with Gasteiger partial charge < -0.3 is 5.11 Å². The fourth-order valence-corrected chi connectivity index (χ4v) is 2.23. The Hall–Kier alpha value is -1.35. The lowest BCUT2D eigenvalue weighted by molar-refractivity contribution is -0.152. The summed E-state index contributed by atoms with van der Waals surface area (Å²) in [6.07, 6.45) is 1.73. The van der Waals surface area contributed by atoms with E-state index in [4.69, 9.17) is 0 Å². The van der Waals surface area contributed by atoms with Crippen molar-refractivity contribution in [2.24, 2.45) is 5.92 Å². The molecule has 1 aromatic rings. The number of carboxylic acid groups (broad SMARTS) is 1. The molecule has 0 aromatic heterocycles. The number of rotatable bonds is 4. The Bertz CT molecular complexity index is 377. The van der Waals surface area contributed by atoms with Crippen molar-refractivity contribution in [1.82, 2.24) is 5.32 Å². The van der Waals surface area contributed by atoms with Crippen molar-refractivity contribution in [3.05, 3.63) is 35.9 Å². The molecule has 1 aliphatic rings. The highest BCUT2D eigenvalue weighted by molar-refractivity contribution is 5.80. The van der Waals surface area contributed by atoms with Gasteiger partial charge in [0.15, 0.2) is 0 Å². The predicted molar refractivity (Wildman–Crippen MR) is 62.0 cm³/mol. The lowest BCUT2D eigenvalue weighted by Crippen LogP contribution is -2.62. The molecule has 0 amide bonds. The molecule has 0 saturated heterocycles. The van der Waals surface area contributed by atoms with Crippen LogP contribution in [0.25, 0.3) is 0 Å². The summed E-state index contributed by atoms with van der Waals surface area (Å²) in [6, 6.07) is 9.91. The van der Waals surface area contributed by atoms with Gasteiger partial charge in [-0.3, -0.25) is 10.1 Å². The van der Waals surface area contributed by atoms with Crippen LogP contribution in [0.5, 0.6) is 0 Å². The van der Waals surface area contributed by atoms with Gasteiger partial charge >= 0.3 is 5.97 Å². The largest absolute Gasteiger partial charge is 0.480 e. The number of hydrogen-bond acceptors (Lipinski definition) is 2. The summed E-state index contributed by atoms with van der Waals surface area (Å²) < 4.78 is 0. The van der Waals surface area contributed by atoms with Gasteiger partial charge in [0.1, 0.15) is 5.54 Å². The first-order chi connectivity index (χ1) is 7.65. The molecule has 2 unspecified atom stereocenters. The summed E-state index contributed by atoms with van der Waals surface area (Å²) in [4.78, 5) is 11.3. The van der Waals surface area contributed by atoms with Crippen LogP contribution in [0.1, 0.15) is 25.3 Å². The molecule has 0 heterocycles. The van der Waals surface area contributed by atoms with E-state index in [1.54, 1.807) is 0 Å². The molecule has 2 N–H and O–H groups in total. The molecule has 0 spiro atoms. The Kier molecular flexibility index (Phi) is 2.97. The molecule has 0 bridgehead atoms. The van der Waals surface area contributed by atoms with Crippen molar-refractivity contribution in [2.45, 2.75) is 31.8 Å². The lowest BCUT2D eigenvalue weighted by atomic mass is 9.67. The molecule has 86 valence electrons. The summed E-state index contributed by atoms with van der Waals surface area (Å²) >= 11 is 0. The summed E-state index contributed by atoms with van der Waals surface area (Å²) in [5.41, 5.74) is 0.428. The van der Waals surface area contributed by atoms with Crippen LogP contribution in [-0.4, -0.2) is 16.6 Å². The van der Waals surface area contributed by atoms with Crippen LogP contribution >= 0.6 is 0 Å². The van der Waals surface area contributed by atoms with Gasteiger partial charge in [0.25, 0.3) is 0 Å². The molecule has 2 atom stereocenters. The van der Waals surface area contributed by atoms with Crippen molar-refractivity contribution in [3.63, 3.8) is 0 Å². The standard InChI is InChI=1S/C13H17NO2/c1-10-7-8-13(10,12(15)16)14-9-11-5-3-2-4-6-11/h2-6,10,14H,7-9H2,1H3,(H,15,16). The summed E-state index contributed by atoms with van der Waals surface area (Å²) in [6.45, 7) is 2.62. The Morgan fingerprint density at radius 1 is 1.50 bits per heavy atom. The quantitative estimate of drug-likeness (QED) is 0.814. The smallest absolute Gasteiger partial charge is 0.324 e. The van der Waals surface area contributed by atoms with Crippen LogP contribution in [-0.2, 0) is 11.3 Å². The highest BCUT2D eigenvalue weighted by atomic mass is 16.4. The lowest BCUT2D eigenvalue weighted by Gasteiger charge is -2.45. The van der Waals surface area contributed by atoms with Gasteiger partial charge in [0.05, 0.1) is 0 Å². The molecular weight excluding hydrogens is 202 g/mol. The van der Waals surface area contributed by atoms with Crippen molar-refractivity contribution in [3.8, 4) is 0 Å². The molecule has 0 radical (unpaired) electrons. The summed E-state index contributed by atoms with van der Waals surface area (Å²) in [5, 5.41) is 12.5. The molecule has 3 heteroatoms. The SMILES string of the molecule is CC1CCC1(NCc1ccccc1)C(=O)O. The van der Waals surface area contributed by atoms with Crippen molar-refractivity contribution >= 4 is 5.97 Å². The van der Waals surface area contributed by atoms with E-state index < -0.39 is 11.5 Å². The monoisotopic (exact) mass is 219 g/mol. The predicted octanol–water partition coefficient (Wildman–Crippen LogP) is 2.03. The second kappa shape index (κ2) is 4.26. The second-order valence-corrected chi connectivity index (χ2v) is 4.56. The van der Waals surface area contributed by atoms with Crippen LogP contribution in [0.4, 0.5) is 0 Å². The zero-order valence-electron chi connectivity index (χ0n) is 9.44. The Labute approximate surface area is 95.5 Å². The van der Waals surface area contributed by atoms with Crippen molar-refractivity contribution < 1.29 is 9.90 Å². The minimum absolute atomic E-state index is 0.216. The number of benzene rings is 1. The van der Waals surface area contributed by atoms with E-state index in [1.807, 2.05) is 37.3 Å². The summed E-state index contributed by atoms with van der Waals surface area (Å²) in [5.74, 6) is -0.504. The molecule has 16 heavy (non-hydrogen) atoms. The maximum absolute atomic E-state index is 11.3. The van der Waals surface area contributed by atoms with Gasteiger partial charge in [-0.1, -0.05) is 37.3 Å². The first-order valence-corrected chi connectivity index (χ1v) is 5.67. The molecule has 1 fully saturated rings. The normalized spacial score (nSPS) is 28.4. The molecular formula is C13H17NO2. The Balaban J connectivity index is 2.01.